The van der Waals surface area contributed by atoms with E-state index in [1.165, 1.54) is 5.56 Å². The first-order chi connectivity index (χ1) is 7.66. The Morgan fingerprint density at radius 3 is 2.50 bits per heavy atom. The van der Waals surface area contributed by atoms with Gasteiger partial charge >= 0.3 is 0 Å². The monoisotopic (exact) mass is 238 g/mol. The molecule has 1 heterocycles. The van der Waals surface area contributed by atoms with Gasteiger partial charge in [-0.15, -0.1) is 0 Å². The number of halogens is 1. The Balaban J connectivity index is 2.15. The lowest BCUT2D eigenvalue weighted by Crippen LogP contribution is -2.28. The topological polar surface area (TPSA) is 29.3 Å². The molecule has 88 valence electrons. The number of rotatable bonds is 1. The van der Waals surface area contributed by atoms with Crippen molar-refractivity contribution >= 4 is 11.6 Å². The minimum Gasteiger partial charge on any atom is -0.327 e. The zero-order chi connectivity index (χ0) is 11.5. The van der Waals surface area contributed by atoms with Crippen molar-refractivity contribution in [2.24, 2.45) is 5.73 Å². The van der Waals surface area contributed by atoms with Gasteiger partial charge in [-0.25, -0.2) is 0 Å². The Hall–Kier alpha value is -0.570. The predicted octanol–water partition coefficient (Wildman–Crippen LogP) is 2.48. The maximum Gasteiger partial charge on any atom is 0.0406 e. The van der Waals surface area contributed by atoms with Gasteiger partial charge in [0.05, 0.1) is 0 Å². The van der Waals surface area contributed by atoms with Crippen molar-refractivity contribution in [1.82, 2.24) is 4.90 Å². The molecule has 0 aromatic heterocycles. The summed E-state index contributed by atoms with van der Waals surface area (Å²) in [4.78, 5) is 2.36. The van der Waals surface area contributed by atoms with E-state index in [-0.39, 0.29) is 6.04 Å². The lowest BCUT2D eigenvalue weighted by Gasteiger charge is -2.21. The Morgan fingerprint density at radius 1 is 1.19 bits per heavy atom. The van der Waals surface area contributed by atoms with E-state index < -0.39 is 0 Å². The molecule has 0 amide bonds. The fourth-order valence-electron chi connectivity index (χ4n) is 2.38. The van der Waals surface area contributed by atoms with Crippen LogP contribution in [0.5, 0.6) is 0 Å². The van der Waals surface area contributed by atoms with E-state index in [4.69, 9.17) is 17.3 Å². The fourth-order valence-corrected chi connectivity index (χ4v) is 2.51. The van der Waals surface area contributed by atoms with E-state index in [0.717, 1.165) is 31.0 Å². The second-order valence-corrected chi connectivity index (χ2v) is 5.14. The van der Waals surface area contributed by atoms with Gasteiger partial charge in [-0.1, -0.05) is 23.7 Å². The van der Waals surface area contributed by atoms with Crippen molar-refractivity contribution in [1.29, 1.82) is 0 Å². The van der Waals surface area contributed by atoms with Crippen molar-refractivity contribution in [3.8, 4) is 0 Å². The second kappa shape index (κ2) is 5.17. The van der Waals surface area contributed by atoms with Gasteiger partial charge in [0, 0.05) is 17.0 Å². The van der Waals surface area contributed by atoms with Crippen molar-refractivity contribution in [3.05, 3.63) is 34.9 Å². The SMILES string of the molecule is CN1CCC(N)C(c2ccc(Cl)cc2)CC1. The van der Waals surface area contributed by atoms with Crippen LogP contribution in [0.25, 0.3) is 0 Å². The molecule has 1 fully saturated rings. The molecule has 0 spiro atoms. The summed E-state index contributed by atoms with van der Waals surface area (Å²) >= 11 is 5.90. The molecular weight excluding hydrogens is 220 g/mol. The summed E-state index contributed by atoms with van der Waals surface area (Å²) < 4.78 is 0. The molecule has 0 saturated carbocycles. The van der Waals surface area contributed by atoms with Crippen LogP contribution in [0.2, 0.25) is 5.02 Å². The summed E-state index contributed by atoms with van der Waals surface area (Å²) in [6, 6.07) is 8.40. The molecule has 1 aromatic rings. The number of hydrogen-bond donors (Lipinski definition) is 1. The standard InChI is InChI=1S/C13H19ClN2/c1-16-8-6-12(13(15)7-9-16)10-2-4-11(14)5-3-10/h2-5,12-13H,6-9,15H2,1H3. The van der Waals surface area contributed by atoms with Gasteiger partial charge in [-0.05, 0) is 50.7 Å². The molecule has 2 rings (SSSR count). The smallest absolute Gasteiger partial charge is 0.0406 e. The van der Waals surface area contributed by atoms with Gasteiger partial charge in [0.15, 0.2) is 0 Å². The molecule has 2 unspecified atom stereocenters. The lowest BCUT2D eigenvalue weighted by atomic mass is 9.88. The molecule has 1 saturated heterocycles. The van der Waals surface area contributed by atoms with Crippen LogP contribution in [0, 0.1) is 0 Å². The van der Waals surface area contributed by atoms with Gasteiger partial charge in [-0.3, -0.25) is 0 Å². The van der Waals surface area contributed by atoms with E-state index in [9.17, 15) is 0 Å². The third-order valence-corrected chi connectivity index (χ3v) is 3.73. The zero-order valence-corrected chi connectivity index (χ0v) is 10.5. The minimum absolute atomic E-state index is 0.270. The third kappa shape index (κ3) is 2.76. The highest BCUT2D eigenvalue weighted by Crippen LogP contribution is 2.27. The number of hydrogen-bond acceptors (Lipinski definition) is 2. The highest BCUT2D eigenvalue weighted by atomic mass is 35.5. The highest BCUT2D eigenvalue weighted by Gasteiger charge is 2.23. The van der Waals surface area contributed by atoms with Crippen LogP contribution in [-0.4, -0.2) is 31.1 Å². The van der Waals surface area contributed by atoms with Crippen LogP contribution < -0.4 is 5.73 Å². The van der Waals surface area contributed by atoms with Gasteiger partial charge < -0.3 is 10.6 Å². The van der Waals surface area contributed by atoms with E-state index in [2.05, 4.69) is 24.1 Å². The van der Waals surface area contributed by atoms with E-state index in [0.29, 0.717) is 5.92 Å². The number of likely N-dealkylation sites (tertiary alicyclic amines) is 1. The maximum absolute atomic E-state index is 6.25. The Labute approximate surface area is 102 Å². The molecule has 1 aliphatic heterocycles. The zero-order valence-electron chi connectivity index (χ0n) is 9.70. The molecule has 1 aromatic carbocycles. The van der Waals surface area contributed by atoms with Crippen LogP contribution in [0.4, 0.5) is 0 Å². The molecule has 16 heavy (non-hydrogen) atoms. The predicted molar refractivity (Wildman–Crippen MR) is 68.9 cm³/mol. The van der Waals surface area contributed by atoms with Crippen LogP contribution in [0.3, 0.4) is 0 Å². The molecule has 2 N–H and O–H groups in total. The number of benzene rings is 1. The highest BCUT2D eigenvalue weighted by molar-refractivity contribution is 6.30. The Bertz CT molecular complexity index is 336. The summed E-state index contributed by atoms with van der Waals surface area (Å²) in [6.45, 7) is 2.23. The maximum atomic E-state index is 6.25. The first-order valence-corrected chi connectivity index (χ1v) is 6.24. The summed E-state index contributed by atoms with van der Waals surface area (Å²) in [5, 5.41) is 0.795. The van der Waals surface area contributed by atoms with Crippen molar-refractivity contribution in [3.63, 3.8) is 0 Å². The molecule has 3 heteroatoms. The first-order valence-electron chi connectivity index (χ1n) is 5.86. The Morgan fingerprint density at radius 2 is 1.81 bits per heavy atom. The summed E-state index contributed by atoms with van der Waals surface area (Å²) in [5.74, 6) is 0.474. The quantitative estimate of drug-likeness (QED) is 0.815. The fraction of sp³-hybridized carbons (Fsp3) is 0.538. The van der Waals surface area contributed by atoms with Crippen LogP contribution in [0.1, 0.15) is 24.3 Å². The summed E-state index contributed by atoms with van der Waals surface area (Å²) in [7, 11) is 2.16. The second-order valence-electron chi connectivity index (χ2n) is 4.70. The van der Waals surface area contributed by atoms with E-state index >= 15 is 0 Å². The van der Waals surface area contributed by atoms with Gasteiger partial charge in [0.1, 0.15) is 0 Å². The molecule has 0 radical (unpaired) electrons. The van der Waals surface area contributed by atoms with Crippen LogP contribution >= 0.6 is 11.6 Å². The Kier molecular flexibility index (Phi) is 3.85. The molecule has 1 aliphatic rings. The molecular formula is C13H19ClN2. The molecule has 0 bridgehead atoms. The van der Waals surface area contributed by atoms with Crippen LogP contribution in [-0.2, 0) is 0 Å². The number of nitrogens with two attached hydrogens (primary N) is 1. The van der Waals surface area contributed by atoms with Gasteiger partial charge in [0.2, 0.25) is 0 Å². The van der Waals surface area contributed by atoms with E-state index in [1.54, 1.807) is 0 Å². The normalized spacial score (nSPS) is 27.7. The van der Waals surface area contributed by atoms with Crippen LogP contribution in [0.15, 0.2) is 24.3 Å². The lowest BCUT2D eigenvalue weighted by molar-refractivity contribution is 0.346. The number of nitrogens with zero attached hydrogens (tertiary/aromatic N) is 1. The van der Waals surface area contributed by atoms with E-state index in [1.807, 2.05) is 12.1 Å². The third-order valence-electron chi connectivity index (χ3n) is 3.48. The summed E-state index contributed by atoms with van der Waals surface area (Å²) in [6.07, 6.45) is 2.21. The van der Waals surface area contributed by atoms with Crippen molar-refractivity contribution in [2.45, 2.75) is 24.8 Å². The molecule has 0 aliphatic carbocycles. The van der Waals surface area contributed by atoms with Crippen molar-refractivity contribution < 1.29 is 0 Å². The largest absolute Gasteiger partial charge is 0.327 e. The summed E-state index contributed by atoms with van der Waals surface area (Å²) in [5.41, 5.74) is 7.58. The first kappa shape index (κ1) is 11.9. The molecule has 2 nitrogen and oxygen atoms in total. The van der Waals surface area contributed by atoms with Gasteiger partial charge in [-0.2, -0.15) is 0 Å². The average Bonchev–Trinajstić information content (AvgIpc) is 2.44. The molecule has 2 atom stereocenters. The van der Waals surface area contributed by atoms with Crippen molar-refractivity contribution in [2.75, 3.05) is 20.1 Å². The van der Waals surface area contributed by atoms with Gasteiger partial charge in [0.25, 0.3) is 0 Å². The minimum atomic E-state index is 0.270. The average molecular weight is 239 g/mol.